The number of pyridine rings is 1. The molecule has 2 amide bonds. The highest BCUT2D eigenvalue weighted by Crippen LogP contribution is 2.40. The molecule has 0 bridgehead atoms. The normalized spacial score (nSPS) is 16.7. The van der Waals surface area contributed by atoms with Gasteiger partial charge >= 0.3 is 0 Å². The second kappa shape index (κ2) is 11.3. The molecular weight excluding hydrogens is 614 g/mol. The summed E-state index contributed by atoms with van der Waals surface area (Å²) >= 11 is 6.19. The number of aromatic nitrogens is 4. The molecule has 45 heavy (non-hydrogen) atoms. The van der Waals surface area contributed by atoms with Crippen LogP contribution in [0.5, 0.6) is 11.5 Å². The number of aromatic hydroxyl groups is 2. The van der Waals surface area contributed by atoms with Crippen molar-refractivity contribution in [1.82, 2.24) is 24.0 Å². The molecule has 5 N–H and O–H groups in total. The smallest absolute Gasteiger partial charge is 0.263 e. The number of halogens is 3. The first-order chi connectivity index (χ1) is 21.3. The number of likely N-dealkylation sites (N-methyl/N-ethyl adjacent to an activating group) is 1. The molecule has 4 aromatic rings. The Kier molecular flexibility index (Phi) is 7.61. The third-order valence-corrected chi connectivity index (χ3v) is 8.58. The van der Waals surface area contributed by atoms with Crippen molar-refractivity contribution in [2.75, 3.05) is 36.9 Å². The minimum Gasteiger partial charge on any atom is -0.504 e. The fraction of sp³-hybridized carbons (Fsp3) is 0.345. The van der Waals surface area contributed by atoms with Crippen molar-refractivity contribution in [3.63, 3.8) is 0 Å². The van der Waals surface area contributed by atoms with Crippen molar-refractivity contribution in [3.05, 3.63) is 56.9 Å². The molecule has 236 valence electrons. The first-order valence-corrected chi connectivity index (χ1v) is 14.5. The van der Waals surface area contributed by atoms with Gasteiger partial charge in [0.2, 0.25) is 11.9 Å². The number of phenolic OH excluding ortho intramolecular Hbond substituents is 1. The van der Waals surface area contributed by atoms with Crippen molar-refractivity contribution >= 4 is 46.0 Å². The average molecular weight is 643 g/mol. The van der Waals surface area contributed by atoms with Gasteiger partial charge in [-0.2, -0.15) is 4.39 Å². The second-order valence-corrected chi connectivity index (χ2v) is 11.7. The second-order valence-electron chi connectivity index (χ2n) is 11.3. The standard InChI is InChI=1S/C29H29ClF2N8O5/c1-13-10-37(2)6-7-39(13)19-9-17(22(30)26(32)35-19)34-20(41)12-38-11-16(14-8-15(27(33)44)24(42)25(43)23(14)31)21-28(38)36-18-4-3-5-40(18)29(21)45/h8-9,11,13,42-43H,3-7,10,12H2,1-2H3,(H2,33,44)(H,34,35,41)/t13-/m0/s1. The Labute approximate surface area is 259 Å². The predicted octanol–water partition coefficient (Wildman–Crippen LogP) is 2.43. The van der Waals surface area contributed by atoms with E-state index in [1.165, 1.54) is 21.4 Å². The summed E-state index contributed by atoms with van der Waals surface area (Å²) in [6, 6.07) is 2.43. The van der Waals surface area contributed by atoms with Crippen LogP contribution in [0.3, 0.4) is 0 Å². The maximum Gasteiger partial charge on any atom is 0.263 e. The van der Waals surface area contributed by atoms with Crippen LogP contribution in [0, 0.1) is 11.8 Å². The Balaban J connectivity index is 1.41. The molecule has 0 saturated carbocycles. The van der Waals surface area contributed by atoms with Crippen LogP contribution in [0.15, 0.2) is 23.1 Å². The van der Waals surface area contributed by atoms with E-state index in [2.05, 4.69) is 20.2 Å². The maximum absolute atomic E-state index is 15.4. The van der Waals surface area contributed by atoms with E-state index in [0.29, 0.717) is 37.6 Å². The number of phenols is 2. The highest BCUT2D eigenvalue weighted by atomic mass is 35.5. The topological polar surface area (TPSA) is 172 Å². The number of rotatable bonds is 6. The predicted molar refractivity (Wildman–Crippen MR) is 162 cm³/mol. The lowest BCUT2D eigenvalue weighted by atomic mass is 10.0. The molecule has 0 aliphatic carbocycles. The van der Waals surface area contributed by atoms with E-state index in [9.17, 15) is 29.0 Å². The molecule has 5 heterocycles. The minimum absolute atomic E-state index is 0.0125. The number of nitrogens with one attached hydrogen (secondary N) is 1. The molecule has 13 nitrogen and oxygen atoms in total. The molecule has 0 unspecified atom stereocenters. The number of carbonyl (C=O) groups is 2. The first kappa shape index (κ1) is 30.3. The van der Waals surface area contributed by atoms with Gasteiger partial charge in [0.25, 0.3) is 11.5 Å². The Hall–Kier alpha value is -4.76. The number of carbonyl (C=O) groups excluding carboxylic acids is 2. The zero-order valence-electron chi connectivity index (χ0n) is 24.3. The van der Waals surface area contributed by atoms with Gasteiger partial charge in [0.15, 0.2) is 17.3 Å². The fourth-order valence-corrected chi connectivity index (χ4v) is 6.16. The lowest BCUT2D eigenvalue weighted by molar-refractivity contribution is -0.116. The monoisotopic (exact) mass is 642 g/mol. The first-order valence-electron chi connectivity index (χ1n) is 14.1. The van der Waals surface area contributed by atoms with Gasteiger partial charge in [0.05, 0.1) is 16.6 Å². The largest absolute Gasteiger partial charge is 0.504 e. The fourth-order valence-electron chi connectivity index (χ4n) is 6.02. The summed E-state index contributed by atoms with van der Waals surface area (Å²) in [4.78, 5) is 51.6. The zero-order chi connectivity index (χ0) is 32.3. The Morgan fingerprint density at radius 3 is 2.60 bits per heavy atom. The van der Waals surface area contributed by atoms with Gasteiger partial charge in [-0.3, -0.25) is 19.0 Å². The molecule has 0 radical (unpaired) electrons. The minimum atomic E-state index is -1.31. The number of hydrogen-bond acceptors (Lipinski definition) is 9. The van der Waals surface area contributed by atoms with Crippen molar-refractivity contribution < 1.29 is 28.6 Å². The molecule has 1 fully saturated rings. The molecule has 2 aliphatic rings. The van der Waals surface area contributed by atoms with E-state index >= 15 is 4.39 Å². The van der Waals surface area contributed by atoms with Crippen LogP contribution in [0.2, 0.25) is 5.02 Å². The Morgan fingerprint density at radius 2 is 1.89 bits per heavy atom. The van der Waals surface area contributed by atoms with Gasteiger partial charge < -0.3 is 35.6 Å². The van der Waals surface area contributed by atoms with Crippen molar-refractivity contribution in [2.45, 2.75) is 38.9 Å². The Morgan fingerprint density at radius 1 is 1.13 bits per heavy atom. The van der Waals surface area contributed by atoms with Crippen molar-refractivity contribution in [3.8, 4) is 22.6 Å². The molecular formula is C29H29ClF2N8O5. The average Bonchev–Trinajstić information content (AvgIpc) is 3.60. The summed E-state index contributed by atoms with van der Waals surface area (Å²) in [6.07, 6.45) is 2.42. The SMILES string of the molecule is C[C@H]1CN(C)CCN1c1cc(NC(=O)Cn2cc(-c3cc(C(N)=O)c(O)c(O)c3F)c3c(=O)n4c(nc32)CCC4)c(Cl)c(F)n1. The van der Waals surface area contributed by atoms with Crippen molar-refractivity contribution in [2.24, 2.45) is 5.73 Å². The zero-order valence-corrected chi connectivity index (χ0v) is 25.0. The van der Waals surface area contributed by atoms with Gasteiger partial charge in [0.1, 0.15) is 28.9 Å². The lowest BCUT2D eigenvalue weighted by Crippen LogP contribution is -2.50. The van der Waals surface area contributed by atoms with E-state index in [4.69, 9.17) is 17.3 Å². The van der Waals surface area contributed by atoms with Crippen molar-refractivity contribution in [1.29, 1.82) is 0 Å². The number of primary amides is 1. The van der Waals surface area contributed by atoms with Crippen LogP contribution < -0.4 is 21.5 Å². The summed E-state index contributed by atoms with van der Waals surface area (Å²) in [5, 5.41) is 22.4. The summed E-state index contributed by atoms with van der Waals surface area (Å²) in [7, 11) is 1.98. The number of nitrogens with zero attached hydrogens (tertiary/aromatic N) is 6. The third-order valence-electron chi connectivity index (χ3n) is 8.22. The van der Waals surface area contributed by atoms with Gasteiger partial charge in [0, 0.05) is 62.0 Å². The van der Waals surface area contributed by atoms with E-state index in [1.807, 2.05) is 18.9 Å². The summed E-state index contributed by atoms with van der Waals surface area (Å²) in [6.45, 7) is 3.95. The number of amides is 2. The van der Waals surface area contributed by atoms with E-state index in [0.717, 1.165) is 19.2 Å². The number of benzene rings is 1. The number of piperazine rings is 1. The lowest BCUT2D eigenvalue weighted by Gasteiger charge is -2.39. The molecule has 1 atom stereocenters. The number of fused-ring (bicyclic) bond motifs is 2. The molecule has 1 aromatic carbocycles. The quantitative estimate of drug-likeness (QED) is 0.182. The van der Waals surface area contributed by atoms with E-state index < -0.39 is 58.3 Å². The highest BCUT2D eigenvalue weighted by molar-refractivity contribution is 6.33. The van der Waals surface area contributed by atoms with E-state index in [-0.39, 0.29) is 33.3 Å². The summed E-state index contributed by atoms with van der Waals surface area (Å²) < 4.78 is 33.0. The molecule has 6 rings (SSSR count). The summed E-state index contributed by atoms with van der Waals surface area (Å²) in [5.74, 6) is -5.58. The maximum atomic E-state index is 15.4. The number of anilines is 2. The Bertz CT molecular complexity index is 1960. The van der Waals surface area contributed by atoms with Crippen LogP contribution in [0.4, 0.5) is 20.3 Å². The van der Waals surface area contributed by atoms with Crippen LogP contribution >= 0.6 is 11.6 Å². The van der Waals surface area contributed by atoms with Crippen LogP contribution in [0.1, 0.15) is 29.5 Å². The third kappa shape index (κ3) is 5.21. The molecule has 3 aromatic heterocycles. The van der Waals surface area contributed by atoms with Gasteiger partial charge in [-0.25, -0.2) is 14.4 Å². The van der Waals surface area contributed by atoms with Gasteiger partial charge in [-0.15, -0.1) is 0 Å². The molecule has 1 saturated heterocycles. The number of aryl methyl sites for hydroxylation is 1. The van der Waals surface area contributed by atoms with Crippen LogP contribution in [0.25, 0.3) is 22.2 Å². The van der Waals surface area contributed by atoms with Gasteiger partial charge in [-0.1, -0.05) is 11.6 Å². The highest BCUT2D eigenvalue weighted by Gasteiger charge is 2.29. The number of nitrogens with two attached hydrogens (primary N) is 1. The molecule has 2 aliphatic heterocycles. The van der Waals surface area contributed by atoms with Crippen LogP contribution in [-0.4, -0.2) is 78.8 Å². The van der Waals surface area contributed by atoms with Crippen LogP contribution in [-0.2, 0) is 24.3 Å². The van der Waals surface area contributed by atoms with E-state index in [1.54, 1.807) is 0 Å². The molecule has 0 spiro atoms. The summed E-state index contributed by atoms with van der Waals surface area (Å²) in [5.41, 5.74) is 3.76. The van der Waals surface area contributed by atoms with Gasteiger partial charge in [-0.05, 0) is 26.5 Å². The number of hydrogen-bond donors (Lipinski definition) is 4. The molecule has 16 heteroatoms.